The highest BCUT2D eigenvalue weighted by molar-refractivity contribution is 7.14. The van der Waals surface area contributed by atoms with E-state index in [1.807, 2.05) is 0 Å². The average Bonchev–Trinajstić information content (AvgIpc) is 3.06. The topological polar surface area (TPSA) is 127 Å². The lowest BCUT2D eigenvalue weighted by Gasteiger charge is -1.98. The highest BCUT2D eigenvalue weighted by atomic mass is 32.1. The molecule has 2 aromatic heterocycles. The lowest BCUT2D eigenvalue weighted by Crippen LogP contribution is -2.15. The third-order valence-electron chi connectivity index (χ3n) is 1.99. The molecule has 0 aliphatic rings. The monoisotopic (exact) mass is 296 g/mol. The molecule has 2 heterocycles. The number of carboxylic acids is 1. The van der Waals surface area contributed by atoms with Gasteiger partial charge in [-0.1, -0.05) is 10.3 Å². The molecular weight excluding hydrogens is 288 g/mol. The van der Waals surface area contributed by atoms with Gasteiger partial charge in [0.15, 0.2) is 11.7 Å². The van der Waals surface area contributed by atoms with E-state index in [-0.39, 0.29) is 23.1 Å². The van der Waals surface area contributed by atoms with Gasteiger partial charge in [0, 0.05) is 11.4 Å². The summed E-state index contributed by atoms with van der Waals surface area (Å²) in [6.45, 7) is -0.0309. The normalized spacial score (nSPS) is 11.1. The molecule has 2 rings (SSSR count). The number of rotatable bonds is 7. The van der Waals surface area contributed by atoms with Gasteiger partial charge in [-0.2, -0.15) is 0 Å². The van der Waals surface area contributed by atoms with E-state index in [9.17, 15) is 9.59 Å². The quantitative estimate of drug-likeness (QED) is 0.437. The van der Waals surface area contributed by atoms with Crippen LogP contribution < -0.4 is 5.32 Å². The van der Waals surface area contributed by atoms with Crippen LogP contribution in [0.5, 0.6) is 0 Å². The molecule has 0 saturated carbocycles. The minimum atomic E-state index is -1.30. The summed E-state index contributed by atoms with van der Waals surface area (Å²) in [7, 11) is 0. The van der Waals surface area contributed by atoms with Gasteiger partial charge in [0.1, 0.15) is 17.7 Å². The third-order valence-corrected chi connectivity index (χ3v) is 2.76. The number of hydrogen-bond donors (Lipinski definition) is 2. The first kappa shape index (κ1) is 13.7. The number of carboxylic acid groups (broad SMARTS) is 1. The third kappa shape index (κ3) is 3.38. The van der Waals surface area contributed by atoms with Gasteiger partial charge in [-0.3, -0.25) is 4.79 Å². The first-order chi connectivity index (χ1) is 9.70. The Kier molecular flexibility index (Phi) is 4.39. The molecule has 10 heteroatoms. The van der Waals surface area contributed by atoms with Crippen LogP contribution >= 0.6 is 11.3 Å². The highest BCUT2D eigenvalue weighted by Gasteiger charge is 2.17. The largest absolute Gasteiger partial charge is 0.476 e. The van der Waals surface area contributed by atoms with Crippen molar-refractivity contribution in [3.8, 4) is 0 Å². The molecule has 1 amide bonds. The molecule has 104 valence electrons. The molecule has 0 saturated heterocycles. The van der Waals surface area contributed by atoms with Crippen molar-refractivity contribution in [2.45, 2.75) is 6.61 Å². The number of nitrogens with zero attached hydrogens (tertiary/aromatic N) is 3. The van der Waals surface area contributed by atoms with Crippen LogP contribution in [0.25, 0.3) is 0 Å². The lowest BCUT2D eigenvalue weighted by molar-refractivity contribution is -0.129. The molecule has 2 aromatic rings. The molecule has 0 aliphatic heterocycles. The summed E-state index contributed by atoms with van der Waals surface area (Å²) >= 11 is 1.07. The summed E-state index contributed by atoms with van der Waals surface area (Å²) < 4.78 is 4.59. The Bertz CT molecular complexity index is 621. The van der Waals surface area contributed by atoms with Crippen molar-refractivity contribution in [1.82, 2.24) is 10.1 Å². The smallest absolute Gasteiger partial charge is 0.360 e. The summed E-state index contributed by atoms with van der Waals surface area (Å²) in [5.41, 5.74) is 0.191. The van der Waals surface area contributed by atoms with E-state index in [4.69, 9.17) is 9.94 Å². The van der Waals surface area contributed by atoms with Crippen LogP contribution in [0.2, 0.25) is 0 Å². The van der Waals surface area contributed by atoms with Crippen LogP contribution in [-0.2, 0) is 21.0 Å². The molecule has 0 aromatic carbocycles. The Morgan fingerprint density at radius 1 is 1.65 bits per heavy atom. The number of aliphatic carboxylic acids is 1. The predicted octanol–water partition coefficient (Wildman–Crippen LogP) is 0.705. The molecule has 0 unspecified atom stereocenters. The van der Waals surface area contributed by atoms with Crippen LogP contribution in [-0.4, -0.2) is 33.3 Å². The summed E-state index contributed by atoms with van der Waals surface area (Å²) in [4.78, 5) is 30.1. The van der Waals surface area contributed by atoms with Crippen LogP contribution in [0.4, 0.5) is 5.13 Å². The molecule has 2 N–H and O–H groups in total. The van der Waals surface area contributed by atoms with Gasteiger partial charge in [-0.15, -0.1) is 11.3 Å². The van der Waals surface area contributed by atoms with Crippen molar-refractivity contribution in [2.24, 2.45) is 5.16 Å². The molecule has 0 aliphatic carbocycles. The maximum absolute atomic E-state index is 11.1. The molecule has 0 atom stereocenters. The molecule has 0 bridgehead atoms. The number of oxime groups is 1. The number of carbonyl (C=O) groups is 2. The van der Waals surface area contributed by atoms with E-state index in [0.717, 1.165) is 11.3 Å². The predicted molar refractivity (Wildman–Crippen MR) is 67.3 cm³/mol. The molecule has 20 heavy (non-hydrogen) atoms. The number of amides is 1. The van der Waals surface area contributed by atoms with E-state index in [1.165, 1.54) is 11.6 Å². The van der Waals surface area contributed by atoms with Crippen LogP contribution in [0.3, 0.4) is 0 Å². The summed E-state index contributed by atoms with van der Waals surface area (Å²) in [6, 6.07) is 1.56. The van der Waals surface area contributed by atoms with Gasteiger partial charge in [-0.05, 0) is 0 Å². The summed E-state index contributed by atoms with van der Waals surface area (Å²) in [5, 5.41) is 20.2. The van der Waals surface area contributed by atoms with E-state index < -0.39 is 5.97 Å². The number of anilines is 1. The van der Waals surface area contributed by atoms with E-state index in [2.05, 4.69) is 25.1 Å². The van der Waals surface area contributed by atoms with Gasteiger partial charge in [-0.25, -0.2) is 9.78 Å². The molecular formula is C10H8N4O5S. The van der Waals surface area contributed by atoms with Crippen molar-refractivity contribution >= 4 is 34.6 Å². The van der Waals surface area contributed by atoms with Gasteiger partial charge in [0.2, 0.25) is 12.1 Å². The maximum atomic E-state index is 11.1. The van der Waals surface area contributed by atoms with E-state index in [1.54, 1.807) is 6.07 Å². The standard InChI is InChI=1S/C10H8N4O5S/c15-5-11-10-12-7(4-20-10)8(9(16)17)14-19-3-6-1-2-18-13-6/h1-2,4-5H,3H2,(H,16,17)(H,11,12,15)/b14-8-. The van der Waals surface area contributed by atoms with E-state index >= 15 is 0 Å². The summed E-state index contributed by atoms with van der Waals surface area (Å²) in [6.07, 6.45) is 1.81. The van der Waals surface area contributed by atoms with Crippen LogP contribution in [0, 0.1) is 0 Å². The van der Waals surface area contributed by atoms with Gasteiger partial charge in [0.05, 0.1) is 0 Å². The van der Waals surface area contributed by atoms with Crippen molar-refractivity contribution in [1.29, 1.82) is 0 Å². The SMILES string of the molecule is O=CNc1nc(/C(=N/OCc2ccon2)C(=O)O)cs1. The Morgan fingerprint density at radius 2 is 2.50 bits per heavy atom. The zero-order chi connectivity index (χ0) is 14.4. The van der Waals surface area contributed by atoms with Crippen LogP contribution in [0.15, 0.2) is 27.4 Å². The first-order valence-electron chi connectivity index (χ1n) is 5.19. The van der Waals surface area contributed by atoms with Gasteiger partial charge in [0.25, 0.3) is 0 Å². The first-order valence-corrected chi connectivity index (χ1v) is 6.07. The van der Waals surface area contributed by atoms with Crippen LogP contribution in [0.1, 0.15) is 11.4 Å². The fraction of sp³-hybridized carbons (Fsp3) is 0.100. The van der Waals surface area contributed by atoms with E-state index in [0.29, 0.717) is 12.1 Å². The zero-order valence-electron chi connectivity index (χ0n) is 9.85. The summed E-state index contributed by atoms with van der Waals surface area (Å²) in [5.74, 6) is -1.30. The fourth-order valence-corrected chi connectivity index (χ4v) is 1.82. The van der Waals surface area contributed by atoms with Crippen molar-refractivity contribution < 1.29 is 24.1 Å². The Balaban J connectivity index is 2.08. The van der Waals surface area contributed by atoms with Crippen molar-refractivity contribution in [2.75, 3.05) is 5.32 Å². The second-order valence-corrected chi connectivity index (χ2v) is 4.17. The molecule has 0 spiro atoms. The van der Waals surface area contributed by atoms with Gasteiger partial charge < -0.3 is 19.8 Å². The lowest BCUT2D eigenvalue weighted by atomic mass is 10.3. The Labute approximate surface area is 115 Å². The second-order valence-electron chi connectivity index (χ2n) is 3.31. The van der Waals surface area contributed by atoms with Crippen molar-refractivity contribution in [3.63, 3.8) is 0 Å². The zero-order valence-corrected chi connectivity index (χ0v) is 10.7. The van der Waals surface area contributed by atoms with Crippen molar-refractivity contribution in [3.05, 3.63) is 29.1 Å². The minimum Gasteiger partial charge on any atom is -0.476 e. The molecule has 0 fully saturated rings. The Hall–Kier alpha value is -2.75. The maximum Gasteiger partial charge on any atom is 0.360 e. The number of thiazole rings is 1. The fourth-order valence-electron chi connectivity index (χ4n) is 1.17. The minimum absolute atomic E-state index is 0.0309. The number of hydrogen-bond acceptors (Lipinski definition) is 8. The number of aromatic nitrogens is 2. The highest BCUT2D eigenvalue weighted by Crippen LogP contribution is 2.15. The van der Waals surface area contributed by atoms with Gasteiger partial charge >= 0.3 is 5.97 Å². The molecule has 0 radical (unpaired) electrons. The Morgan fingerprint density at radius 3 is 3.15 bits per heavy atom. The average molecular weight is 296 g/mol. The number of nitrogens with one attached hydrogen (secondary N) is 1. The second kappa shape index (κ2) is 6.43. The number of carbonyl (C=O) groups excluding carboxylic acids is 1. The molecule has 9 nitrogen and oxygen atoms in total.